The predicted octanol–water partition coefficient (Wildman–Crippen LogP) is 3.89. The molecule has 0 heterocycles. The highest BCUT2D eigenvalue weighted by atomic mass is 35.5. The summed E-state index contributed by atoms with van der Waals surface area (Å²) >= 11 is 5.84. The summed E-state index contributed by atoms with van der Waals surface area (Å²) in [5.41, 5.74) is 0.0122. The summed E-state index contributed by atoms with van der Waals surface area (Å²) in [4.78, 5) is 23.9. The van der Waals surface area contributed by atoms with Crippen molar-refractivity contribution < 1.29 is 14.3 Å². The predicted molar refractivity (Wildman–Crippen MR) is 99.3 cm³/mol. The molecule has 3 amide bonds. The zero-order valence-corrected chi connectivity index (χ0v) is 15.0. The molecule has 0 aliphatic rings. The Kier molecular flexibility index (Phi) is 5.88. The Morgan fingerprint density at radius 1 is 1.00 bits per heavy atom. The van der Waals surface area contributed by atoms with Crippen LogP contribution in [0.25, 0.3) is 0 Å². The Morgan fingerprint density at radius 3 is 2.20 bits per heavy atom. The maximum Gasteiger partial charge on any atom is 0.318 e. The smallest absolute Gasteiger partial charge is 0.318 e. The Hall–Kier alpha value is -2.73. The topological polar surface area (TPSA) is 79.5 Å². The van der Waals surface area contributed by atoms with Gasteiger partial charge in [-0.15, -0.1) is 0 Å². The van der Waals surface area contributed by atoms with E-state index in [4.69, 9.17) is 16.3 Å². The van der Waals surface area contributed by atoms with Crippen LogP contribution in [0.3, 0.4) is 0 Å². The molecule has 6 nitrogen and oxygen atoms in total. The summed E-state index contributed by atoms with van der Waals surface area (Å²) in [7, 11) is 1.53. The molecule has 0 bridgehead atoms. The zero-order chi connectivity index (χ0) is 18.4. The average Bonchev–Trinajstić information content (AvgIpc) is 2.57. The third kappa shape index (κ3) is 5.39. The lowest BCUT2D eigenvalue weighted by atomic mass is 10.1. The highest BCUT2D eigenvalue weighted by Crippen LogP contribution is 2.23. The van der Waals surface area contributed by atoms with Crippen molar-refractivity contribution in [2.75, 3.05) is 17.7 Å². The van der Waals surface area contributed by atoms with Crippen molar-refractivity contribution in [3.63, 3.8) is 0 Å². The second-order valence-corrected chi connectivity index (χ2v) is 6.24. The fourth-order valence-electron chi connectivity index (χ4n) is 1.99. The largest absolute Gasteiger partial charge is 0.478 e. The van der Waals surface area contributed by atoms with Gasteiger partial charge < -0.3 is 20.7 Å². The zero-order valence-electron chi connectivity index (χ0n) is 14.2. The van der Waals surface area contributed by atoms with Crippen LogP contribution in [-0.2, 0) is 4.79 Å². The second kappa shape index (κ2) is 7.90. The third-order valence-electron chi connectivity index (χ3n) is 3.34. The number of amides is 3. The third-order valence-corrected chi connectivity index (χ3v) is 3.59. The summed E-state index contributed by atoms with van der Waals surface area (Å²) in [6, 6.07) is 13.3. The molecule has 3 N–H and O–H groups in total. The number of rotatable bonds is 5. The van der Waals surface area contributed by atoms with E-state index in [0.29, 0.717) is 22.1 Å². The molecular weight excluding hydrogens is 342 g/mol. The van der Waals surface area contributed by atoms with E-state index in [2.05, 4.69) is 16.0 Å². The first kappa shape index (κ1) is 18.6. The molecule has 0 aromatic heterocycles. The lowest BCUT2D eigenvalue weighted by Gasteiger charge is -2.25. The minimum absolute atomic E-state index is 0.320. The fraction of sp³-hybridized carbons (Fsp3) is 0.222. The summed E-state index contributed by atoms with van der Waals surface area (Å²) in [6.07, 6.45) is 0. The van der Waals surface area contributed by atoms with E-state index in [1.165, 1.54) is 7.05 Å². The Morgan fingerprint density at radius 2 is 1.60 bits per heavy atom. The van der Waals surface area contributed by atoms with E-state index in [-0.39, 0.29) is 11.9 Å². The number of ether oxygens (including phenoxy) is 1. The monoisotopic (exact) mass is 361 g/mol. The minimum Gasteiger partial charge on any atom is -0.478 e. The van der Waals surface area contributed by atoms with Crippen LogP contribution in [0.4, 0.5) is 16.2 Å². The van der Waals surface area contributed by atoms with Gasteiger partial charge in [0.15, 0.2) is 5.60 Å². The van der Waals surface area contributed by atoms with Gasteiger partial charge in [-0.05, 0) is 56.3 Å². The van der Waals surface area contributed by atoms with Crippen LogP contribution in [-0.4, -0.2) is 24.6 Å². The number of hydrogen-bond acceptors (Lipinski definition) is 3. The standard InChI is InChI=1S/C18H20ClN3O3/c1-18(2,25-15-9-7-12(19)8-10-15)16(23)21-13-5-4-6-14(11-13)22-17(24)20-3/h4-11H,1-3H3,(H,21,23)(H2,20,22,24). The number of anilines is 2. The molecule has 0 fully saturated rings. The van der Waals surface area contributed by atoms with Gasteiger partial charge in [0.25, 0.3) is 5.91 Å². The second-order valence-electron chi connectivity index (χ2n) is 5.81. The minimum atomic E-state index is -1.10. The summed E-state index contributed by atoms with van der Waals surface area (Å²) in [6.45, 7) is 3.34. The summed E-state index contributed by atoms with van der Waals surface area (Å²) in [5, 5.41) is 8.48. The quantitative estimate of drug-likeness (QED) is 0.755. The van der Waals surface area contributed by atoms with Crippen LogP contribution in [0.15, 0.2) is 48.5 Å². The van der Waals surface area contributed by atoms with Crippen molar-refractivity contribution in [1.29, 1.82) is 0 Å². The van der Waals surface area contributed by atoms with E-state index >= 15 is 0 Å². The van der Waals surface area contributed by atoms with Crippen molar-refractivity contribution in [3.8, 4) is 5.75 Å². The summed E-state index contributed by atoms with van der Waals surface area (Å²) < 4.78 is 5.75. The molecule has 2 rings (SSSR count). The van der Waals surface area contributed by atoms with Gasteiger partial charge >= 0.3 is 6.03 Å². The van der Waals surface area contributed by atoms with E-state index in [0.717, 1.165) is 0 Å². The van der Waals surface area contributed by atoms with Gasteiger partial charge in [0.1, 0.15) is 5.75 Å². The lowest BCUT2D eigenvalue weighted by Crippen LogP contribution is -2.42. The maximum absolute atomic E-state index is 12.5. The molecule has 2 aromatic carbocycles. The van der Waals surface area contributed by atoms with Gasteiger partial charge in [-0.3, -0.25) is 4.79 Å². The first-order valence-corrected chi connectivity index (χ1v) is 8.03. The van der Waals surface area contributed by atoms with Gasteiger partial charge in [-0.25, -0.2) is 4.79 Å². The molecule has 0 atom stereocenters. The van der Waals surface area contributed by atoms with Crippen LogP contribution in [0.1, 0.15) is 13.8 Å². The molecule has 0 saturated heterocycles. The number of urea groups is 1. The van der Waals surface area contributed by atoms with Crippen molar-refractivity contribution in [1.82, 2.24) is 5.32 Å². The Labute approximate surface area is 151 Å². The molecule has 0 saturated carbocycles. The number of carbonyl (C=O) groups is 2. The highest BCUT2D eigenvalue weighted by Gasteiger charge is 2.30. The highest BCUT2D eigenvalue weighted by molar-refractivity contribution is 6.30. The molecule has 0 spiro atoms. The van der Waals surface area contributed by atoms with Crippen molar-refractivity contribution in [2.45, 2.75) is 19.4 Å². The molecule has 0 aliphatic heterocycles. The summed E-state index contributed by atoms with van der Waals surface area (Å²) in [5.74, 6) is 0.221. The van der Waals surface area contributed by atoms with Crippen LogP contribution < -0.4 is 20.7 Å². The molecule has 0 radical (unpaired) electrons. The van der Waals surface area contributed by atoms with Gasteiger partial charge in [-0.1, -0.05) is 17.7 Å². The molecule has 2 aromatic rings. The van der Waals surface area contributed by atoms with Crippen molar-refractivity contribution >= 4 is 34.9 Å². The van der Waals surface area contributed by atoms with Gasteiger partial charge in [-0.2, -0.15) is 0 Å². The van der Waals surface area contributed by atoms with E-state index in [9.17, 15) is 9.59 Å². The van der Waals surface area contributed by atoms with Gasteiger partial charge in [0.05, 0.1) is 0 Å². The number of halogens is 1. The number of hydrogen-bond donors (Lipinski definition) is 3. The molecule has 132 valence electrons. The number of benzene rings is 2. The Bertz CT molecular complexity index is 760. The molecule has 25 heavy (non-hydrogen) atoms. The average molecular weight is 362 g/mol. The van der Waals surface area contributed by atoms with Crippen molar-refractivity contribution in [2.24, 2.45) is 0 Å². The molecular formula is C18H20ClN3O3. The lowest BCUT2D eigenvalue weighted by molar-refractivity contribution is -0.128. The number of carbonyl (C=O) groups excluding carboxylic acids is 2. The van der Waals surface area contributed by atoms with Gasteiger partial charge in [0, 0.05) is 23.4 Å². The molecule has 7 heteroatoms. The van der Waals surface area contributed by atoms with Crippen LogP contribution in [0.2, 0.25) is 5.02 Å². The molecule has 0 unspecified atom stereocenters. The van der Waals surface area contributed by atoms with E-state index in [1.807, 2.05) is 0 Å². The first-order valence-electron chi connectivity index (χ1n) is 7.65. The van der Waals surface area contributed by atoms with Crippen LogP contribution in [0.5, 0.6) is 5.75 Å². The Balaban J connectivity index is 2.05. The fourth-order valence-corrected chi connectivity index (χ4v) is 2.12. The van der Waals surface area contributed by atoms with Gasteiger partial charge in [0.2, 0.25) is 0 Å². The maximum atomic E-state index is 12.5. The van der Waals surface area contributed by atoms with Crippen LogP contribution >= 0.6 is 11.6 Å². The normalized spacial score (nSPS) is 10.7. The first-order chi connectivity index (χ1) is 11.8. The van der Waals surface area contributed by atoms with E-state index < -0.39 is 5.60 Å². The van der Waals surface area contributed by atoms with Crippen LogP contribution in [0, 0.1) is 0 Å². The SMILES string of the molecule is CNC(=O)Nc1cccc(NC(=O)C(C)(C)Oc2ccc(Cl)cc2)c1. The van der Waals surface area contributed by atoms with E-state index in [1.54, 1.807) is 62.4 Å². The van der Waals surface area contributed by atoms with Crippen molar-refractivity contribution in [3.05, 3.63) is 53.6 Å². The number of nitrogens with one attached hydrogen (secondary N) is 3. The molecule has 0 aliphatic carbocycles.